The van der Waals surface area contributed by atoms with Crippen LogP contribution in [0.25, 0.3) is 0 Å². The predicted molar refractivity (Wildman–Crippen MR) is 68.8 cm³/mol. The Kier molecular flexibility index (Phi) is 3.40. The SMILES string of the molecule is Cc1cc(Cl)cc(C(=O)Nc2nc(C)cs2)n1. The normalized spacial score (nSPS) is 10.3. The summed E-state index contributed by atoms with van der Waals surface area (Å²) >= 11 is 7.25. The molecule has 0 aliphatic heterocycles. The molecule has 0 saturated heterocycles. The number of pyridine rings is 1. The Hall–Kier alpha value is -1.46. The molecule has 17 heavy (non-hydrogen) atoms. The minimum Gasteiger partial charge on any atom is -0.296 e. The number of aromatic nitrogens is 2. The van der Waals surface area contributed by atoms with Gasteiger partial charge in [-0.15, -0.1) is 11.3 Å². The molecule has 2 aromatic heterocycles. The van der Waals surface area contributed by atoms with E-state index < -0.39 is 0 Å². The van der Waals surface area contributed by atoms with Gasteiger partial charge in [-0.05, 0) is 26.0 Å². The summed E-state index contributed by atoms with van der Waals surface area (Å²) in [5.74, 6) is -0.301. The molecule has 0 spiro atoms. The van der Waals surface area contributed by atoms with Gasteiger partial charge >= 0.3 is 0 Å². The van der Waals surface area contributed by atoms with Crippen LogP contribution >= 0.6 is 22.9 Å². The van der Waals surface area contributed by atoms with Crippen molar-refractivity contribution in [2.45, 2.75) is 13.8 Å². The molecule has 2 heterocycles. The Morgan fingerprint density at radius 2 is 2.06 bits per heavy atom. The van der Waals surface area contributed by atoms with Crippen LogP contribution in [0.4, 0.5) is 5.13 Å². The average Bonchev–Trinajstić information content (AvgIpc) is 2.62. The second-order valence-corrected chi connectivity index (χ2v) is 4.85. The van der Waals surface area contributed by atoms with Crippen LogP contribution in [-0.4, -0.2) is 15.9 Å². The van der Waals surface area contributed by atoms with Crippen LogP contribution in [0.1, 0.15) is 21.9 Å². The van der Waals surface area contributed by atoms with Crippen molar-refractivity contribution in [3.8, 4) is 0 Å². The van der Waals surface area contributed by atoms with E-state index in [1.54, 1.807) is 13.0 Å². The van der Waals surface area contributed by atoms with E-state index in [2.05, 4.69) is 15.3 Å². The van der Waals surface area contributed by atoms with Gasteiger partial charge < -0.3 is 0 Å². The molecule has 0 fully saturated rings. The molecular formula is C11H10ClN3OS. The van der Waals surface area contributed by atoms with Gasteiger partial charge in [0.15, 0.2) is 5.13 Å². The van der Waals surface area contributed by atoms with Crippen LogP contribution in [-0.2, 0) is 0 Å². The van der Waals surface area contributed by atoms with E-state index in [0.29, 0.717) is 21.5 Å². The first kappa shape index (κ1) is 12.0. The molecule has 0 bridgehead atoms. The number of thiazole rings is 1. The molecule has 4 nitrogen and oxygen atoms in total. The minimum absolute atomic E-state index is 0.294. The summed E-state index contributed by atoms with van der Waals surface area (Å²) in [4.78, 5) is 20.1. The van der Waals surface area contributed by atoms with Crippen molar-refractivity contribution in [2.75, 3.05) is 5.32 Å². The first-order valence-corrected chi connectivity index (χ1v) is 6.18. The predicted octanol–water partition coefficient (Wildman–Crippen LogP) is 3.06. The number of rotatable bonds is 2. The van der Waals surface area contributed by atoms with E-state index in [4.69, 9.17) is 11.6 Å². The molecule has 0 atom stereocenters. The average molecular weight is 268 g/mol. The summed E-state index contributed by atoms with van der Waals surface area (Å²) in [7, 11) is 0. The van der Waals surface area contributed by atoms with E-state index in [0.717, 1.165) is 5.69 Å². The van der Waals surface area contributed by atoms with Crippen LogP contribution in [0.3, 0.4) is 0 Å². The van der Waals surface area contributed by atoms with Crippen LogP contribution in [0, 0.1) is 13.8 Å². The number of hydrogen-bond acceptors (Lipinski definition) is 4. The monoisotopic (exact) mass is 267 g/mol. The zero-order chi connectivity index (χ0) is 12.4. The Morgan fingerprint density at radius 3 is 2.65 bits per heavy atom. The van der Waals surface area contributed by atoms with Gasteiger partial charge in [0, 0.05) is 16.1 Å². The second kappa shape index (κ2) is 4.81. The van der Waals surface area contributed by atoms with Gasteiger partial charge in [-0.2, -0.15) is 0 Å². The number of nitrogens with zero attached hydrogens (tertiary/aromatic N) is 2. The smallest absolute Gasteiger partial charge is 0.276 e. The Morgan fingerprint density at radius 1 is 1.29 bits per heavy atom. The highest BCUT2D eigenvalue weighted by atomic mass is 35.5. The minimum atomic E-state index is -0.301. The molecule has 0 saturated carbocycles. The van der Waals surface area contributed by atoms with Gasteiger partial charge in [0.05, 0.1) is 5.69 Å². The van der Waals surface area contributed by atoms with Crippen molar-refractivity contribution in [1.82, 2.24) is 9.97 Å². The van der Waals surface area contributed by atoms with Crippen LogP contribution < -0.4 is 5.32 Å². The van der Waals surface area contributed by atoms with E-state index in [9.17, 15) is 4.79 Å². The summed E-state index contributed by atoms with van der Waals surface area (Å²) in [6.45, 7) is 3.66. The number of carbonyl (C=O) groups is 1. The maximum atomic E-state index is 11.9. The fourth-order valence-electron chi connectivity index (χ4n) is 1.32. The van der Waals surface area contributed by atoms with Crippen molar-refractivity contribution >= 4 is 34.0 Å². The zero-order valence-electron chi connectivity index (χ0n) is 9.32. The van der Waals surface area contributed by atoms with Gasteiger partial charge in [0.1, 0.15) is 5.69 Å². The summed E-state index contributed by atoms with van der Waals surface area (Å²) in [5.41, 5.74) is 1.88. The van der Waals surface area contributed by atoms with Gasteiger partial charge in [-0.25, -0.2) is 9.97 Å². The summed E-state index contributed by atoms with van der Waals surface area (Å²) in [6.07, 6.45) is 0. The topological polar surface area (TPSA) is 54.9 Å². The number of nitrogens with one attached hydrogen (secondary N) is 1. The molecule has 2 aromatic rings. The largest absolute Gasteiger partial charge is 0.296 e. The molecule has 0 aliphatic rings. The molecule has 1 N–H and O–H groups in total. The lowest BCUT2D eigenvalue weighted by Gasteiger charge is -2.02. The fourth-order valence-corrected chi connectivity index (χ4v) is 2.26. The van der Waals surface area contributed by atoms with Crippen molar-refractivity contribution in [2.24, 2.45) is 0 Å². The maximum absolute atomic E-state index is 11.9. The van der Waals surface area contributed by atoms with Crippen LogP contribution in [0.15, 0.2) is 17.5 Å². The Bertz CT molecular complexity index is 547. The van der Waals surface area contributed by atoms with Crippen molar-refractivity contribution < 1.29 is 4.79 Å². The first-order chi connectivity index (χ1) is 8.04. The number of aryl methyl sites for hydroxylation is 2. The van der Waals surface area contributed by atoms with Crippen molar-refractivity contribution in [3.05, 3.63) is 39.6 Å². The zero-order valence-corrected chi connectivity index (χ0v) is 10.9. The summed E-state index contributed by atoms with van der Waals surface area (Å²) in [6, 6.07) is 3.23. The fraction of sp³-hybridized carbons (Fsp3) is 0.182. The third kappa shape index (κ3) is 3.01. The second-order valence-electron chi connectivity index (χ2n) is 3.56. The van der Waals surface area contributed by atoms with E-state index in [-0.39, 0.29) is 5.91 Å². The van der Waals surface area contributed by atoms with Gasteiger partial charge in [0.25, 0.3) is 5.91 Å². The third-order valence-corrected chi connectivity index (χ3v) is 3.08. The quantitative estimate of drug-likeness (QED) is 0.910. The van der Waals surface area contributed by atoms with Gasteiger partial charge in [-0.1, -0.05) is 11.6 Å². The number of halogens is 1. The summed E-state index contributed by atoms with van der Waals surface area (Å²) in [5, 5.41) is 5.61. The number of anilines is 1. The number of amides is 1. The molecule has 0 radical (unpaired) electrons. The molecule has 0 unspecified atom stereocenters. The molecular weight excluding hydrogens is 258 g/mol. The van der Waals surface area contributed by atoms with E-state index in [1.165, 1.54) is 17.4 Å². The lowest BCUT2D eigenvalue weighted by atomic mass is 10.3. The van der Waals surface area contributed by atoms with Crippen molar-refractivity contribution in [1.29, 1.82) is 0 Å². The lowest BCUT2D eigenvalue weighted by molar-refractivity contribution is 0.102. The van der Waals surface area contributed by atoms with E-state index >= 15 is 0 Å². The molecule has 1 amide bonds. The molecule has 6 heteroatoms. The highest BCUT2D eigenvalue weighted by Gasteiger charge is 2.10. The Balaban J connectivity index is 2.19. The number of hydrogen-bond donors (Lipinski definition) is 1. The van der Waals surface area contributed by atoms with Crippen LogP contribution in [0.2, 0.25) is 5.02 Å². The van der Waals surface area contributed by atoms with Crippen molar-refractivity contribution in [3.63, 3.8) is 0 Å². The van der Waals surface area contributed by atoms with Gasteiger partial charge in [-0.3, -0.25) is 10.1 Å². The first-order valence-electron chi connectivity index (χ1n) is 4.92. The molecule has 0 aromatic carbocycles. The highest BCUT2D eigenvalue weighted by Crippen LogP contribution is 2.16. The third-order valence-electron chi connectivity index (χ3n) is 1.99. The molecule has 2 rings (SSSR count). The molecule has 0 aliphatic carbocycles. The lowest BCUT2D eigenvalue weighted by Crippen LogP contribution is -2.14. The van der Waals surface area contributed by atoms with Crippen LogP contribution in [0.5, 0.6) is 0 Å². The highest BCUT2D eigenvalue weighted by molar-refractivity contribution is 7.13. The molecule has 88 valence electrons. The summed E-state index contributed by atoms with van der Waals surface area (Å²) < 4.78 is 0. The van der Waals surface area contributed by atoms with E-state index in [1.807, 2.05) is 12.3 Å². The Labute approximate surface area is 108 Å². The standard InChI is InChI=1S/C11H10ClN3OS/c1-6-3-8(12)4-9(13-6)10(16)15-11-14-7(2)5-17-11/h3-5H,1-2H3,(H,14,15,16). The number of carbonyl (C=O) groups excluding carboxylic acids is 1. The van der Waals surface area contributed by atoms with Gasteiger partial charge in [0.2, 0.25) is 0 Å². The maximum Gasteiger partial charge on any atom is 0.276 e.